The zero-order valence-electron chi connectivity index (χ0n) is 18.5. The molecule has 1 aromatic carbocycles. The SMILES string of the molecule is C#Cc1c(C)c(/C=C\C)n(CCCCc2ccc(CC(C)C)cc2)c1CCC. The van der Waals surface area contributed by atoms with Crippen molar-refractivity contribution in [1.82, 2.24) is 4.57 Å². The van der Waals surface area contributed by atoms with E-state index >= 15 is 0 Å². The van der Waals surface area contributed by atoms with Gasteiger partial charge in [-0.05, 0) is 74.6 Å². The fourth-order valence-corrected chi connectivity index (χ4v) is 4.06. The predicted molar refractivity (Wildman–Crippen MR) is 124 cm³/mol. The summed E-state index contributed by atoms with van der Waals surface area (Å²) in [6.45, 7) is 12.1. The van der Waals surface area contributed by atoms with Gasteiger partial charge in [0.25, 0.3) is 0 Å². The molecule has 0 amide bonds. The summed E-state index contributed by atoms with van der Waals surface area (Å²) in [6, 6.07) is 9.21. The van der Waals surface area contributed by atoms with Crippen LogP contribution in [0.1, 0.15) is 80.6 Å². The average molecular weight is 376 g/mol. The van der Waals surface area contributed by atoms with Gasteiger partial charge in [0.2, 0.25) is 0 Å². The molecule has 0 radical (unpaired) electrons. The molecule has 1 heterocycles. The summed E-state index contributed by atoms with van der Waals surface area (Å²) in [5.41, 5.74) is 7.89. The minimum Gasteiger partial charge on any atom is -0.344 e. The number of aryl methyl sites for hydroxylation is 1. The molecule has 2 rings (SSSR count). The van der Waals surface area contributed by atoms with Crippen molar-refractivity contribution in [2.24, 2.45) is 5.92 Å². The number of hydrogen-bond donors (Lipinski definition) is 0. The highest BCUT2D eigenvalue weighted by molar-refractivity contribution is 5.59. The summed E-state index contributed by atoms with van der Waals surface area (Å²) in [4.78, 5) is 0. The van der Waals surface area contributed by atoms with E-state index in [4.69, 9.17) is 6.42 Å². The van der Waals surface area contributed by atoms with E-state index in [1.807, 2.05) is 0 Å². The topological polar surface area (TPSA) is 4.93 Å². The van der Waals surface area contributed by atoms with Crippen molar-refractivity contribution in [2.45, 2.75) is 79.7 Å². The third-order valence-corrected chi connectivity index (χ3v) is 5.38. The Bertz CT molecular complexity index is 809. The largest absolute Gasteiger partial charge is 0.344 e. The van der Waals surface area contributed by atoms with Crippen molar-refractivity contribution in [3.63, 3.8) is 0 Å². The average Bonchev–Trinajstić information content (AvgIpc) is 2.91. The van der Waals surface area contributed by atoms with Crippen molar-refractivity contribution in [3.8, 4) is 12.3 Å². The quantitative estimate of drug-likeness (QED) is 0.312. The van der Waals surface area contributed by atoms with E-state index in [1.54, 1.807) is 0 Å². The number of allylic oxidation sites excluding steroid dienone is 1. The van der Waals surface area contributed by atoms with Gasteiger partial charge in [-0.15, -0.1) is 6.42 Å². The van der Waals surface area contributed by atoms with Crippen LogP contribution >= 0.6 is 0 Å². The molecule has 1 aromatic heterocycles. The highest BCUT2D eigenvalue weighted by atomic mass is 15.0. The lowest BCUT2D eigenvalue weighted by atomic mass is 10.00. The molecule has 0 N–H and O–H groups in total. The minimum absolute atomic E-state index is 0.715. The van der Waals surface area contributed by atoms with Crippen LogP contribution in [0.4, 0.5) is 0 Å². The fourth-order valence-electron chi connectivity index (χ4n) is 4.06. The molecule has 2 aromatic rings. The van der Waals surface area contributed by atoms with Gasteiger partial charge < -0.3 is 4.57 Å². The maximum atomic E-state index is 5.85. The molecule has 0 aliphatic rings. The van der Waals surface area contributed by atoms with Gasteiger partial charge in [0.1, 0.15) is 0 Å². The van der Waals surface area contributed by atoms with E-state index in [0.29, 0.717) is 5.92 Å². The third kappa shape index (κ3) is 5.65. The second-order valence-electron chi connectivity index (χ2n) is 8.25. The van der Waals surface area contributed by atoms with Crippen LogP contribution in [0.25, 0.3) is 6.08 Å². The van der Waals surface area contributed by atoms with Crippen molar-refractivity contribution < 1.29 is 0 Å². The van der Waals surface area contributed by atoms with Crippen LogP contribution in [-0.2, 0) is 25.8 Å². The number of terminal acetylenes is 1. The second kappa shape index (κ2) is 11.0. The molecule has 1 heteroatoms. The molecule has 0 aliphatic heterocycles. The molecule has 28 heavy (non-hydrogen) atoms. The van der Waals surface area contributed by atoms with Gasteiger partial charge in [-0.3, -0.25) is 0 Å². The summed E-state index contributed by atoms with van der Waals surface area (Å²) >= 11 is 0. The second-order valence-corrected chi connectivity index (χ2v) is 8.25. The summed E-state index contributed by atoms with van der Waals surface area (Å²) in [5.74, 6) is 3.66. The molecule has 150 valence electrons. The summed E-state index contributed by atoms with van der Waals surface area (Å²) in [5, 5.41) is 0. The first-order chi connectivity index (χ1) is 13.5. The van der Waals surface area contributed by atoms with Crippen molar-refractivity contribution in [3.05, 3.63) is 64.0 Å². The standard InChI is InChI=1S/C27H37N/c1-7-12-26-22(6)25(9-3)27(13-8-2)28(26)19-11-10-14-23-15-17-24(18-16-23)20-21(4)5/h3,7,12,15-18,21H,8,10-11,13-14,19-20H2,1-2,4-6H3/b12-7-. The number of benzene rings is 1. The lowest BCUT2D eigenvalue weighted by molar-refractivity contribution is 0.585. The fraction of sp³-hybridized carbons (Fsp3) is 0.481. The van der Waals surface area contributed by atoms with Crippen LogP contribution in [0.3, 0.4) is 0 Å². The van der Waals surface area contributed by atoms with Crippen LogP contribution < -0.4 is 0 Å². The summed E-state index contributed by atoms with van der Waals surface area (Å²) < 4.78 is 2.47. The molecule has 0 aliphatic carbocycles. The first-order valence-electron chi connectivity index (χ1n) is 10.9. The van der Waals surface area contributed by atoms with Gasteiger partial charge in [-0.1, -0.05) is 63.5 Å². The van der Waals surface area contributed by atoms with Crippen molar-refractivity contribution >= 4 is 6.08 Å². The maximum absolute atomic E-state index is 5.85. The van der Waals surface area contributed by atoms with E-state index < -0.39 is 0 Å². The maximum Gasteiger partial charge on any atom is 0.0487 e. The lowest BCUT2D eigenvalue weighted by Crippen LogP contribution is -2.06. The molecule has 0 saturated heterocycles. The third-order valence-electron chi connectivity index (χ3n) is 5.38. The smallest absolute Gasteiger partial charge is 0.0487 e. The minimum atomic E-state index is 0.715. The zero-order valence-corrected chi connectivity index (χ0v) is 18.5. The Hall–Kier alpha value is -2.20. The van der Waals surface area contributed by atoms with Gasteiger partial charge in [-0.25, -0.2) is 0 Å². The van der Waals surface area contributed by atoms with E-state index in [2.05, 4.69) is 81.5 Å². The molecule has 0 unspecified atom stereocenters. The Kier molecular flexibility index (Phi) is 8.65. The van der Waals surface area contributed by atoms with E-state index in [-0.39, 0.29) is 0 Å². The molecule has 0 bridgehead atoms. The van der Waals surface area contributed by atoms with Gasteiger partial charge in [0, 0.05) is 23.5 Å². The Labute approximate surface area is 172 Å². The zero-order chi connectivity index (χ0) is 20.5. The van der Waals surface area contributed by atoms with Crippen LogP contribution in [0.5, 0.6) is 0 Å². The molecule has 1 nitrogen and oxygen atoms in total. The van der Waals surface area contributed by atoms with Crippen LogP contribution in [-0.4, -0.2) is 4.57 Å². The van der Waals surface area contributed by atoms with Gasteiger partial charge in [0.05, 0.1) is 0 Å². The van der Waals surface area contributed by atoms with Gasteiger partial charge in [0.15, 0.2) is 0 Å². The Balaban J connectivity index is 2.03. The van der Waals surface area contributed by atoms with E-state index in [0.717, 1.165) is 31.4 Å². The normalized spacial score (nSPS) is 11.5. The van der Waals surface area contributed by atoms with Crippen LogP contribution in [0.2, 0.25) is 0 Å². The van der Waals surface area contributed by atoms with Crippen LogP contribution in [0, 0.1) is 25.2 Å². The first kappa shape index (κ1) is 22.1. The van der Waals surface area contributed by atoms with Crippen molar-refractivity contribution in [2.75, 3.05) is 0 Å². The molecule has 0 fully saturated rings. The highest BCUT2D eigenvalue weighted by Gasteiger charge is 2.16. The van der Waals surface area contributed by atoms with Gasteiger partial charge >= 0.3 is 0 Å². The number of unbranched alkanes of at least 4 members (excludes halogenated alkanes) is 1. The first-order valence-corrected chi connectivity index (χ1v) is 10.9. The summed E-state index contributed by atoms with van der Waals surface area (Å²) in [7, 11) is 0. The Morgan fingerprint density at radius 2 is 1.75 bits per heavy atom. The van der Waals surface area contributed by atoms with Crippen molar-refractivity contribution in [1.29, 1.82) is 0 Å². The van der Waals surface area contributed by atoms with E-state index in [1.165, 1.54) is 47.3 Å². The molecular formula is C27H37N. The Morgan fingerprint density at radius 1 is 1.07 bits per heavy atom. The lowest BCUT2D eigenvalue weighted by Gasteiger charge is -2.12. The molecular weight excluding hydrogens is 338 g/mol. The molecule has 0 atom stereocenters. The van der Waals surface area contributed by atoms with Gasteiger partial charge in [-0.2, -0.15) is 0 Å². The number of hydrogen-bond acceptors (Lipinski definition) is 0. The number of aromatic nitrogens is 1. The Morgan fingerprint density at radius 3 is 2.32 bits per heavy atom. The predicted octanol–water partition coefficient (Wildman–Crippen LogP) is 6.98. The number of rotatable bonds is 10. The molecule has 0 spiro atoms. The highest BCUT2D eigenvalue weighted by Crippen LogP contribution is 2.25. The monoisotopic (exact) mass is 375 g/mol. The van der Waals surface area contributed by atoms with E-state index in [9.17, 15) is 0 Å². The number of nitrogens with zero attached hydrogens (tertiary/aromatic N) is 1. The van der Waals surface area contributed by atoms with Crippen LogP contribution in [0.15, 0.2) is 30.3 Å². The summed E-state index contributed by atoms with van der Waals surface area (Å²) in [6.07, 6.45) is 17.0. The molecule has 0 saturated carbocycles.